The summed E-state index contributed by atoms with van der Waals surface area (Å²) in [7, 11) is 0. The minimum Gasteiger partial charge on any atom is -0.378 e. The molecule has 0 radical (unpaired) electrons. The minimum absolute atomic E-state index is 0.562. The Morgan fingerprint density at radius 3 is 2.10 bits per heavy atom. The molecule has 0 aliphatic rings. The van der Waals surface area contributed by atoms with Crippen LogP contribution in [0.3, 0.4) is 0 Å². The summed E-state index contributed by atoms with van der Waals surface area (Å²) in [5, 5.41) is 0. The van der Waals surface area contributed by atoms with Crippen LogP contribution in [-0.4, -0.2) is 36.7 Å². The van der Waals surface area contributed by atoms with E-state index in [1.165, 1.54) is 0 Å². The van der Waals surface area contributed by atoms with Crippen LogP contribution in [0.5, 0.6) is 0 Å². The first-order valence-electron chi connectivity index (χ1n) is 3.19. The fourth-order valence-corrected chi connectivity index (χ4v) is 0.852. The molecule has 0 spiro atoms. The van der Waals surface area contributed by atoms with E-state index in [0.717, 1.165) is 11.0 Å². The van der Waals surface area contributed by atoms with Crippen LogP contribution < -0.4 is 0 Å². The third-order valence-electron chi connectivity index (χ3n) is 0.815. The van der Waals surface area contributed by atoms with Gasteiger partial charge in [0.2, 0.25) is 0 Å². The van der Waals surface area contributed by atoms with Crippen LogP contribution in [0, 0.1) is 0 Å². The Morgan fingerprint density at radius 2 is 1.60 bits per heavy atom. The van der Waals surface area contributed by atoms with Gasteiger partial charge in [-0.15, -0.1) is 11.6 Å². The van der Waals surface area contributed by atoms with E-state index in [0.29, 0.717) is 25.7 Å². The highest BCUT2D eigenvalue weighted by atomic mass is 127. The van der Waals surface area contributed by atoms with Crippen molar-refractivity contribution in [3.63, 3.8) is 0 Å². The van der Waals surface area contributed by atoms with E-state index < -0.39 is 0 Å². The van der Waals surface area contributed by atoms with E-state index in [2.05, 4.69) is 22.6 Å². The summed E-state index contributed by atoms with van der Waals surface area (Å²) in [6.45, 7) is 2.77. The van der Waals surface area contributed by atoms with Crippen LogP contribution in [0.1, 0.15) is 0 Å². The smallest absolute Gasteiger partial charge is 0.0701 e. The van der Waals surface area contributed by atoms with Crippen LogP contribution in [0.2, 0.25) is 0 Å². The molecule has 0 saturated heterocycles. The number of hydrogen-bond donors (Lipinski definition) is 0. The van der Waals surface area contributed by atoms with E-state index >= 15 is 0 Å². The largest absolute Gasteiger partial charge is 0.378 e. The maximum absolute atomic E-state index is 5.37. The molecule has 0 N–H and O–H groups in total. The Morgan fingerprint density at radius 1 is 1.00 bits per heavy atom. The van der Waals surface area contributed by atoms with Gasteiger partial charge in [-0.25, -0.2) is 0 Å². The molecule has 0 aromatic rings. The van der Waals surface area contributed by atoms with Crippen molar-refractivity contribution in [3.05, 3.63) is 0 Å². The van der Waals surface area contributed by atoms with Gasteiger partial charge in [-0.3, -0.25) is 0 Å². The zero-order valence-corrected chi connectivity index (χ0v) is 8.73. The van der Waals surface area contributed by atoms with Gasteiger partial charge in [0, 0.05) is 10.3 Å². The summed E-state index contributed by atoms with van der Waals surface area (Å²) in [5.74, 6) is 0.562. The number of hydrogen-bond acceptors (Lipinski definition) is 2. The molecule has 0 bridgehead atoms. The molecule has 10 heavy (non-hydrogen) atoms. The van der Waals surface area contributed by atoms with Crippen molar-refractivity contribution < 1.29 is 9.47 Å². The van der Waals surface area contributed by atoms with Crippen LogP contribution in [0.4, 0.5) is 0 Å². The fraction of sp³-hybridized carbons (Fsp3) is 1.00. The lowest BCUT2D eigenvalue weighted by molar-refractivity contribution is 0.0608. The molecule has 0 fully saturated rings. The van der Waals surface area contributed by atoms with Crippen molar-refractivity contribution in [3.8, 4) is 0 Å². The first kappa shape index (κ1) is 10.9. The average Bonchev–Trinajstić information content (AvgIpc) is 1.97. The summed E-state index contributed by atoms with van der Waals surface area (Å²) >= 11 is 7.64. The first-order valence-corrected chi connectivity index (χ1v) is 5.25. The maximum atomic E-state index is 5.37. The molecule has 0 unspecified atom stereocenters. The highest BCUT2D eigenvalue weighted by molar-refractivity contribution is 14.1. The number of alkyl halides is 2. The Kier molecular flexibility index (Phi) is 10.9. The van der Waals surface area contributed by atoms with E-state index in [1.807, 2.05) is 0 Å². The number of ether oxygens (including phenoxy) is 2. The second-order valence-corrected chi connectivity index (χ2v) is 3.06. The monoisotopic (exact) mass is 278 g/mol. The fourth-order valence-electron chi connectivity index (χ4n) is 0.431. The molecule has 0 amide bonds. The maximum Gasteiger partial charge on any atom is 0.0701 e. The number of rotatable bonds is 7. The van der Waals surface area contributed by atoms with Crippen LogP contribution in [-0.2, 0) is 9.47 Å². The predicted octanol–water partition coefficient (Wildman–Crippen LogP) is 1.69. The van der Waals surface area contributed by atoms with Gasteiger partial charge in [-0.2, -0.15) is 0 Å². The summed E-state index contributed by atoms with van der Waals surface area (Å²) in [4.78, 5) is 0. The first-order chi connectivity index (χ1) is 4.91. The molecular weight excluding hydrogens is 266 g/mol. The normalized spacial score (nSPS) is 10.2. The summed E-state index contributed by atoms with van der Waals surface area (Å²) in [6, 6.07) is 0. The molecule has 0 aliphatic carbocycles. The highest BCUT2D eigenvalue weighted by Crippen LogP contribution is 1.84. The lowest BCUT2D eigenvalue weighted by atomic mass is 10.7. The van der Waals surface area contributed by atoms with Crippen LogP contribution in [0.15, 0.2) is 0 Å². The second kappa shape index (κ2) is 9.94. The molecule has 4 heteroatoms. The predicted molar refractivity (Wildman–Crippen MR) is 51.2 cm³/mol. The van der Waals surface area contributed by atoms with Gasteiger partial charge in [0.25, 0.3) is 0 Å². The standard InChI is InChI=1S/C6H12ClIO2/c7-1-3-9-5-6-10-4-2-8/h1-6H2. The Balaban J connectivity index is 2.65. The zero-order chi connectivity index (χ0) is 7.66. The molecular formula is C6H12ClIO2. The van der Waals surface area contributed by atoms with Crippen molar-refractivity contribution >= 4 is 34.2 Å². The molecule has 62 valence electrons. The third kappa shape index (κ3) is 8.94. The molecule has 0 heterocycles. The van der Waals surface area contributed by atoms with Crippen LogP contribution in [0.25, 0.3) is 0 Å². The third-order valence-corrected chi connectivity index (χ3v) is 1.41. The number of halogens is 2. The Labute approximate surface area is 80.4 Å². The van der Waals surface area contributed by atoms with Crippen LogP contribution >= 0.6 is 34.2 Å². The van der Waals surface area contributed by atoms with Gasteiger partial charge < -0.3 is 9.47 Å². The molecule has 0 atom stereocenters. The summed E-state index contributed by atoms with van der Waals surface area (Å²) < 4.78 is 11.3. The molecule has 0 saturated carbocycles. The van der Waals surface area contributed by atoms with E-state index in [4.69, 9.17) is 21.1 Å². The molecule has 0 rings (SSSR count). The Bertz CT molecular complexity index is 55.7. The van der Waals surface area contributed by atoms with Crippen molar-refractivity contribution in [2.45, 2.75) is 0 Å². The molecule has 0 aliphatic heterocycles. The zero-order valence-electron chi connectivity index (χ0n) is 5.82. The lowest BCUT2D eigenvalue weighted by Gasteiger charge is -2.01. The van der Waals surface area contributed by atoms with Gasteiger partial charge in [-0.1, -0.05) is 22.6 Å². The van der Waals surface area contributed by atoms with Gasteiger partial charge in [0.15, 0.2) is 0 Å². The van der Waals surface area contributed by atoms with Crippen molar-refractivity contribution in [1.82, 2.24) is 0 Å². The minimum atomic E-state index is 0.562. The summed E-state index contributed by atoms with van der Waals surface area (Å²) in [5.41, 5.74) is 0. The van der Waals surface area contributed by atoms with Gasteiger partial charge in [-0.05, 0) is 0 Å². The highest BCUT2D eigenvalue weighted by Gasteiger charge is 1.86. The topological polar surface area (TPSA) is 18.5 Å². The van der Waals surface area contributed by atoms with Crippen molar-refractivity contribution in [2.24, 2.45) is 0 Å². The molecule has 0 aromatic carbocycles. The Hall–Kier alpha value is 0.940. The van der Waals surface area contributed by atoms with Crippen molar-refractivity contribution in [2.75, 3.05) is 36.7 Å². The lowest BCUT2D eigenvalue weighted by Crippen LogP contribution is -2.06. The SMILES string of the molecule is ClCCOCCOCCI. The second-order valence-electron chi connectivity index (χ2n) is 1.60. The average molecular weight is 279 g/mol. The van der Waals surface area contributed by atoms with Gasteiger partial charge >= 0.3 is 0 Å². The van der Waals surface area contributed by atoms with E-state index in [-0.39, 0.29) is 0 Å². The van der Waals surface area contributed by atoms with E-state index in [9.17, 15) is 0 Å². The molecule has 2 nitrogen and oxygen atoms in total. The molecule has 0 aromatic heterocycles. The van der Waals surface area contributed by atoms with Crippen molar-refractivity contribution in [1.29, 1.82) is 0 Å². The van der Waals surface area contributed by atoms with Gasteiger partial charge in [0.05, 0.1) is 26.4 Å². The van der Waals surface area contributed by atoms with E-state index in [1.54, 1.807) is 0 Å². The van der Waals surface area contributed by atoms with Gasteiger partial charge in [0.1, 0.15) is 0 Å². The summed E-state index contributed by atoms with van der Waals surface area (Å²) in [6.07, 6.45) is 0. The quantitative estimate of drug-likeness (QED) is 0.401.